The zero-order valence-corrected chi connectivity index (χ0v) is 23.0. The van der Waals surface area contributed by atoms with Crippen molar-refractivity contribution in [2.24, 2.45) is 11.8 Å². The van der Waals surface area contributed by atoms with E-state index in [9.17, 15) is 51.1 Å². The van der Waals surface area contributed by atoms with Crippen LogP contribution in [0, 0.1) is 11.8 Å². The highest BCUT2D eigenvalue weighted by molar-refractivity contribution is 5.08. The molecule has 0 spiro atoms. The summed E-state index contributed by atoms with van der Waals surface area (Å²) >= 11 is 0. The molecule has 14 nitrogen and oxygen atoms in total. The Hall–Kier alpha value is -0.560. The molecule has 0 bridgehead atoms. The van der Waals surface area contributed by atoms with E-state index in [1.807, 2.05) is 0 Å². The highest BCUT2D eigenvalue weighted by Crippen LogP contribution is 2.45. The van der Waals surface area contributed by atoms with Crippen LogP contribution < -0.4 is 0 Å². The molecular weight excluding hydrogens is 548 g/mol. The van der Waals surface area contributed by atoms with Crippen LogP contribution in [0.2, 0.25) is 0 Å². The molecule has 5 fully saturated rings. The van der Waals surface area contributed by atoms with Gasteiger partial charge in [0.2, 0.25) is 5.79 Å². The Morgan fingerprint density at radius 3 is 2.00 bits per heavy atom. The van der Waals surface area contributed by atoms with Crippen LogP contribution in [0.5, 0.6) is 0 Å². The largest absolute Gasteiger partial charge is 0.429 e. The van der Waals surface area contributed by atoms with Crippen molar-refractivity contribution >= 4 is 0 Å². The van der Waals surface area contributed by atoms with Crippen LogP contribution in [0.15, 0.2) is 0 Å². The number of rotatable bonds is 6. The van der Waals surface area contributed by atoms with Gasteiger partial charge in [0, 0.05) is 25.2 Å². The van der Waals surface area contributed by atoms with Crippen LogP contribution in [-0.2, 0) is 14.2 Å². The standard InChI is InChI=1S/C27H46O14/c28-9-18-20(32)22(34)24(36)26(39-18)27(25(37)23(35)21(33)19(10-29)41-27)40-13-7-15(31)14-5-6-16(38-17(14)8-13)11-1-3-12(30)4-2-11/h11-26,28-37H,1-10H2/p+1. The van der Waals surface area contributed by atoms with Crippen molar-refractivity contribution in [1.29, 1.82) is 0 Å². The molecule has 5 rings (SSSR count). The molecule has 41 heavy (non-hydrogen) atoms. The van der Waals surface area contributed by atoms with Gasteiger partial charge in [0.15, 0.2) is 12.2 Å². The van der Waals surface area contributed by atoms with Crippen molar-refractivity contribution in [2.75, 3.05) is 13.2 Å². The Labute approximate surface area is 238 Å². The lowest BCUT2D eigenvalue weighted by molar-refractivity contribution is -0.430. The van der Waals surface area contributed by atoms with Gasteiger partial charge in [-0.15, -0.1) is 0 Å². The maximum Gasteiger partial charge on any atom is 0.227 e. The summed E-state index contributed by atoms with van der Waals surface area (Å²) in [6.45, 7) is -1.58. The fourth-order valence-electron chi connectivity index (χ4n) is 7.68. The molecule has 0 aromatic rings. The summed E-state index contributed by atoms with van der Waals surface area (Å²) in [5.74, 6) is -2.26. The summed E-state index contributed by atoms with van der Waals surface area (Å²) < 4.78 is 23.0. The fraction of sp³-hybridized carbons (Fsp3) is 1.00. The molecule has 14 heteroatoms. The van der Waals surface area contributed by atoms with Gasteiger partial charge in [-0.2, -0.15) is 0 Å². The van der Waals surface area contributed by atoms with Crippen LogP contribution in [0.25, 0.3) is 0 Å². The summed E-state index contributed by atoms with van der Waals surface area (Å²) in [5.41, 5.74) is 0. The first-order chi connectivity index (χ1) is 19.5. The Bertz CT molecular complexity index is 854. The molecule has 15 atom stereocenters. The Kier molecular flexibility index (Phi) is 9.95. The number of fused-ring (bicyclic) bond motifs is 1. The second-order valence-corrected chi connectivity index (χ2v) is 12.6. The first kappa shape index (κ1) is 31.9. The van der Waals surface area contributed by atoms with Crippen molar-refractivity contribution in [3.8, 4) is 0 Å². The fourth-order valence-corrected chi connectivity index (χ4v) is 7.68. The highest BCUT2D eigenvalue weighted by Gasteiger charge is 2.65. The van der Waals surface area contributed by atoms with E-state index < -0.39 is 86.1 Å². The molecule has 0 aromatic carbocycles. The average molecular weight is 596 g/mol. The van der Waals surface area contributed by atoms with Gasteiger partial charge >= 0.3 is 0 Å². The molecule has 3 saturated heterocycles. The molecule has 2 saturated carbocycles. The van der Waals surface area contributed by atoms with Gasteiger partial charge in [0.1, 0.15) is 54.9 Å². The molecule has 15 unspecified atom stereocenters. The second-order valence-electron chi connectivity index (χ2n) is 12.6. The molecule has 238 valence electrons. The molecule has 3 aliphatic heterocycles. The van der Waals surface area contributed by atoms with Gasteiger partial charge in [-0.1, -0.05) is 0 Å². The summed E-state index contributed by atoms with van der Waals surface area (Å²) in [6, 6.07) is 0. The van der Waals surface area contributed by atoms with Gasteiger partial charge in [0.05, 0.1) is 37.4 Å². The molecule has 0 radical (unpaired) electrons. The zero-order chi connectivity index (χ0) is 29.6. The lowest BCUT2D eigenvalue weighted by Crippen LogP contribution is -2.76. The molecule has 11 N–H and O–H groups in total. The van der Waals surface area contributed by atoms with E-state index in [0.29, 0.717) is 12.3 Å². The van der Waals surface area contributed by atoms with Crippen LogP contribution in [-0.4, -0.2) is 160 Å². The minimum atomic E-state index is -2.48. The normalized spacial score (nSPS) is 54.9. The van der Waals surface area contributed by atoms with Gasteiger partial charge in [0.25, 0.3) is 0 Å². The summed E-state index contributed by atoms with van der Waals surface area (Å²) in [6.07, 6.45) is -12.9. The highest BCUT2D eigenvalue weighted by atomic mass is 16.8. The first-order valence-corrected chi connectivity index (χ1v) is 14.9. The quantitative estimate of drug-likeness (QED) is 0.131. The van der Waals surface area contributed by atoms with Crippen molar-refractivity contribution < 1.29 is 70.0 Å². The summed E-state index contributed by atoms with van der Waals surface area (Å²) in [5, 5.41) is 105. The summed E-state index contributed by atoms with van der Waals surface area (Å²) in [4.78, 5) is 0. The van der Waals surface area contributed by atoms with E-state index >= 15 is 0 Å². The van der Waals surface area contributed by atoms with Crippen molar-refractivity contribution in [2.45, 2.75) is 143 Å². The van der Waals surface area contributed by atoms with Gasteiger partial charge in [-0.3, -0.25) is 0 Å². The van der Waals surface area contributed by atoms with E-state index in [1.54, 1.807) is 0 Å². The Balaban J connectivity index is 1.40. The second kappa shape index (κ2) is 12.8. The molecule has 5 aliphatic rings. The predicted molar refractivity (Wildman–Crippen MR) is 137 cm³/mol. The number of hydrogen-bond donors (Lipinski definition) is 10. The third-order valence-electron chi connectivity index (χ3n) is 10.1. The topological polar surface area (TPSA) is 243 Å². The van der Waals surface area contributed by atoms with E-state index in [2.05, 4.69) is 0 Å². The minimum absolute atomic E-state index is 0.0707. The zero-order valence-electron chi connectivity index (χ0n) is 23.0. The molecule has 2 aliphatic carbocycles. The molecule has 3 heterocycles. The Morgan fingerprint density at radius 1 is 0.683 bits per heavy atom. The number of hydrogen-bond acceptors (Lipinski definition) is 13. The van der Waals surface area contributed by atoms with Crippen LogP contribution in [0.3, 0.4) is 0 Å². The van der Waals surface area contributed by atoms with Crippen LogP contribution in [0.4, 0.5) is 0 Å². The van der Waals surface area contributed by atoms with Crippen molar-refractivity contribution in [3.05, 3.63) is 0 Å². The monoisotopic (exact) mass is 595 g/mol. The molecular formula is C27H47O14+. The molecule has 0 aromatic heterocycles. The Morgan fingerprint density at radius 2 is 1.34 bits per heavy atom. The average Bonchev–Trinajstić information content (AvgIpc) is 2.96. The number of ether oxygens (including phenoxy) is 4. The van der Waals surface area contributed by atoms with Gasteiger partial charge in [-0.05, 0) is 32.1 Å². The molecule has 0 amide bonds. The third-order valence-corrected chi connectivity index (χ3v) is 10.1. The van der Waals surface area contributed by atoms with E-state index in [1.165, 1.54) is 0 Å². The lowest BCUT2D eigenvalue weighted by Gasteiger charge is -2.56. The SMILES string of the molecule is OCC1OC(C2(OC3CC(O)C4CCC(C5CCC(O)CC5)[OH+]C4C3)OC(CO)C(O)C(O)C2O)C(O)C(O)C1O. The number of aliphatic hydroxyl groups is 12. The smallest absolute Gasteiger partial charge is 0.227 e. The van der Waals surface area contributed by atoms with E-state index in [4.69, 9.17) is 18.9 Å². The van der Waals surface area contributed by atoms with Gasteiger partial charge in [-0.25, -0.2) is 0 Å². The third kappa shape index (κ3) is 5.94. The van der Waals surface area contributed by atoms with E-state index in [0.717, 1.165) is 38.5 Å². The van der Waals surface area contributed by atoms with Crippen LogP contribution >= 0.6 is 0 Å². The first-order valence-electron chi connectivity index (χ1n) is 14.9. The maximum atomic E-state index is 11.3. The lowest BCUT2D eigenvalue weighted by atomic mass is 9.74. The van der Waals surface area contributed by atoms with Crippen molar-refractivity contribution in [3.63, 3.8) is 0 Å². The predicted octanol–water partition coefficient (Wildman–Crippen LogP) is -4.23. The maximum absolute atomic E-state index is 11.3. The van der Waals surface area contributed by atoms with Gasteiger partial charge < -0.3 is 70.0 Å². The minimum Gasteiger partial charge on any atom is -0.429 e. The summed E-state index contributed by atoms with van der Waals surface area (Å²) in [7, 11) is 0. The van der Waals surface area contributed by atoms with Crippen LogP contribution in [0.1, 0.15) is 51.4 Å². The van der Waals surface area contributed by atoms with E-state index in [-0.39, 0.29) is 30.7 Å². The van der Waals surface area contributed by atoms with Crippen molar-refractivity contribution in [1.82, 2.24) is 0 Å². The number of aliphatic hydroxyl groups excluding tert-OH is 10.